The van der Waals surface area contributed by atoms with Crippen molar-refractivity contribution in [2.24, 2.45) is 0 Å². The minimum atomic E-state index is -0.590. The molecule has 0 aliphatic heterocycles. The molecular weight excluding hydrogens is 255 g/mol. The molecule has 1 atom stereocenters. The van der Waals surface area contributed by atoms with Crippen molar-refractivity contribution in [1.82, 2.24) is 0 Å². The largest absolute Gasteiger partial charge is 0.294 e. The average Bonchev–Trinajstić information content (AvgIpc) is 2.95. The highest BCUT2D eigenvalue weighted by molar-refractivity contribution is 6.51. The van der Waals surface area contributed by atoms with E-state index in [9.17, 15) is 4.79 Å². The molecule has 0 spiro atoms. The summed E-state index contributed by atoms with van der Waals surface area (Å²) in [6.45, 7) is 2.09. The third-order valence-corrected chi connectivity index (χ3v) is 4.05. The summed E-state index contributed by atoms with van der Waals surface area (Å²) in [7, 11) is 0. The number of carbonyl (C=O) groups excluding carboxylic acids is 1. The molecule has 1 nitrogen and oxygen atoms in total. The Balaban J connectivity index is 2.01. The Morgan fingerprint density at radius 3 is 2.41 bits per heavy atom. The number of benzene rings is 1. The fourth-order valence-corrected chi connectivity index (χ4v) is 2.52. The molecule has 17 heavy (non-hydrogen) atoms. The molecule has 1 aliphatic rings. The monoisotopic (exact) mass is 270 g/mol. The predicted molar refractivity (Wildman–Crippen MR) is 72.1 cm³/mol. The van der Waals surface area contributed by atoms with E-state index >= 15 is 0 Å². The van der Waals surface area contributed by atoms with Crippen LogP contribution in [-0.2, 0) is 0 Å². The molecule has 0 N–H and O–H groups in total. The van der Waals surface area contributed by atoms with Gasteiger partial charge in [0.2, 0.25) is 0 Å². The number of alkyl halides is 2. The Labute approximate surface area is 112 Å². The fraction of sp³-hybridized carbons (Fsp3) is 0.500. The molecule has 3 heteroatoms. The minimum Gasteiger partial charge on any atom is -0.294 e. The van der Waals surface area contributed by atoms with Crippen molar-refractivity contribution in [3.8, 4) is 0 Å². The third-order valence-electron chi connectivity index (χ3n) is 3.22. The van der Waals surface area contributed by atoms with Gasteiger partial charge in [-0.05, 0) is 18.4 Å². The summed E-state index contributed by atoms with van der Waals surface area (Å²) in [6.07, 6.45) is 3.44. The van der Waals surface area contributed by atoms with Crippen LogP contribution in [0.2, 0.25) is 0 Å². The Hall–Kier alpha value is -0.530. The van der Waals surface area contributed by atoms with E-state index in [1.165, 1.54) is 0 Å². The number of hydrogen-bond acceptors (Lipinski definition) is 1. The van der Waals surface area contributed by atoms with Gasteiger partial charge in [0.05, 0.1) is 0 Å². The van der Waals surface area contributed by atoms with Crippen molar-refractivity contribution in [2.75, 3.05) is 0 Å². The maximum absolute atomic E-state index is 11.8. The number of unbranched alkanes of at least 4 members (excludes halogenated alkanes) is 1. The molecule has 1 aromatic rings. The maximum Gasteiger partial charge on any atom is 0.162 e. The first kappa shape index (κ1) is 12.9. The molecular formula is C14H16Cl2O. The van der Waals surface area contributed by atoms with Crippen molar-refractivity contribution in [3.63, 3.8) is 0 Å². The van der Waals surface area contributed by atoms with Gasteiger partial charge in [-0.3, -0.25) is 4.79 Å². The predicted octanol–water partition coefficient (Wildman–Crippen LogP) is 4.72. The van der Waals surface area contributed by atoms with Gasteiger partial charge in [-0.2, -0.15) is 0 Å². The summed E-state index contributed by atoms with van der Waals surface area (Å²) in [4.78, 5) is 11.8. The molecule has 1 saturated carbocycles. The van der Waals surface area contributed by atoms with Crippen LogP contribution in [0.25, 0.3) is 0 Å². The number of hydrogen-bond donors (Lipinski definition) is 0. The van der Waals surface area contributed by atoms with E-state index in [1.807, 2.05) is 24.3 Å². The molecule has 0 bridgehead atoms. The normalized spacial score (nSPS) is 21.2. The summed E-state index contributed by atoms with van der Waals surface area (Å²) < 4.78 is -0.590. The van der Waals surface area contributed by atoms with E-state index in [2.05, 4.69) is 6.92 Å². The molecule has 1 aliphatic carbocycles. The number of halogens is 2. The zero-order valence-electron chi connectivity index (χ0n) is 9.88. The summed E-state index contributed by atoms with van der Waals surface area (Å²) in [6, 6.07) is 7.71. The van der Waals surface area contributed by atoms with Crippen LogP contribution < -0.4 is 0 Å². The van der Waals surface area contributed by atoms with Gasteiger partial charge in [-0.1, -0.05) is 37.6 Å². The molecule has 0 heterocycles. The van der Waals surface area contributed by atoms with E-state index in [0.29, 0.717) is 6.42 Å². The average molecular weight is 271 g/mol. The van der Waals surface area contributed by atoms with Gasteiger partial charge in [0.25, 0.3) is 0 Å². The fourth-order valence-electron chi connectivity index (χ4n) is 1.96. The van der Waals surface area contributed by atoms with Gasteiger partial charge in [0, 0.05) is 17.9 Å². The first-order valence-electron chi connectivity index (χ1n) is 6.05. The lowest BCUT2D eigenvalue weighted by Crippen LogP contribution is -1.99. The first-order valence-corrected chi connectivity index (χ1v) is 6.81. The lowest BCUT2D eigenvalue weighted by atomic mass is 10.0. The van der Waals surface area contributed by atoms with Crippen LogP contribution in [0.5, 0.6) is 0 Å². The Morgan fingerprint density at radius 1 is 1.35 bits per heavy atom. The van der Waals surface area contributed by atoms with Crippen molar-refractivity contribution in [1.29, 1.82) is 0 Å². The highest BCUT2D eigenvalue weighted by Gasteiger charge is 2.52. The van der Waals surface area contributed by atoms with E-state index in [-0.39, 0.29) is 11.7 Å². The second-order valence-electron chi connectivity index (χ2n) is 4.67. The lowest BCUT2D eigenvalue weighted by Gasteiger charge is -2.03. The molecule has 1 unspecified atom stereocenters. The van der Waals surface area contributed by atoms with E-state index in [4.69, 9.17) is 23.2 Å². The van der Waals surface area contributed by atoms with Crippen molar-refractivity contribution in [3.05, 3.63) is 35.4 Å². The maximum atomic E-state index is 11.8. The van der Waals surface area contributed by atoms with Crippen LogP contribution in [0.15, 0.2) is 24.3 Å². The Bertz CT molecular complexity index is 409. The van der Waals surface area contributed by atoms with Gasteiger partial charge in [0.15, 0.2) is 5.78 Å². The SMILES string of the molecule is CCCCC(=O)c1ccc(C2CC2(Cl)Cl)cc1. The number of carbonyl (C=O) groups is 1. The molecule has 0 aromatic heterocycles. The van der Waals surface area contributed by atoms with Crippen molar-refractivity contribution >= 4 is 29.0 Å². The summed E-state index contributed by atoms with van der Waals surface area (Å²) >= 11 is 12.0. The zero-order valence-corrected chi connectivity index (χ0v) is 11.4. The van der Waals surface area contributed by atoms with Gasteiger partial charge >= 0.3 is 0 Å². The number of ketones is 1. The first-order chi connectivity index (χ1) is 8.04. The van der Waals surface area contributed by atoms with Crippen molar-refractivity contribution < 1.29 is 4.79 Å². The standard InChI is InChI=1S/C14H16Cl2O/c1-2-3-4-13(17)11-7-5-10(6-8-11)12-9-14(12,15)16/h5-8,12H,2-4,9H2,1H3. The quantitative estimate of drug-likeness (QED) is 0.559. The van der Waals surface area contributed by atoms with Crippen LogP contribution in [0, 0.1) is 0 Å². The second kappa shape index (κ2) is 4.99. The topological polar surface area (TPSA) is 17.1 Å². The summed E-state index contributed by atoms with van der Waals surface area (Å²) in [5, 5.41) is 0. The van der Waals surface area contributed by atoms with E-state index in [1.54, 1.807) is 0 Å². The molecule has 92 valence electrons. The smallest absolute Gasteiger partial charge is 0.162 e. The molecule has 1 fully saturated rings. The highest BCUT2D eigenvalue weighted by Crippen LogP contribution is 2.59. The minimum absolute atomic E-state index is 0.220. The summed E-state index contributed by atoms with van der Waals surface area (Å²) in [5.41, 5.74) is 1.92. The highest BCUT2D eigenvalue weighted by atomic mass is 35.5. The van der Waals surface area contributed by atoms with Crippen LogP contribution in [0.1, 0.15) is 54.4 Å². The molecule has 2 rings (SSSR count). The van der Waals surface area contributed by atoms with Gasteiger partial charge in [0.1, 0.15) is 4.33 Å². The number of rotatable bonds is 5. The third kappa shape index (κ3) is 3.02. The van der Waals surface area contributed by atoms with Gasteiger partial charge in [-0.25, -0.2) is 0 Å². The number of Topliss-reactive ketones (excluding diaryl/α,β-unsaturated/α-hetero) is 1. The summed E-state index contributed by atoms with van der Waals surface area (Å²) in [5.74, 6) is 0.447. The van der Waals surface area contributed by atoms with Crippen molar-refractivity contribution in [2.45, 2.75) is 42.9 Å². The lowest BCUT2D eigenvalue weighted by molar-refractivity contribution is 0.0980. The van der Waals surface area contributed by atoms with E-state index < -0.39 is 4.33 Å². The second-order valence-corrected chi connectivity index (χ2v) is 6.21. The molecule has 0 amide bonds. The van der Waals surface area contributed by atoms with E-state index in [0.717, 1.165) is 30.4 Å². The van der Waals surface area contributed by atoms with Crippen LogP contribution in [0.4, 0.5) is 0 Å². The Kier molecular flexibility index (Phi) is 3.79. The zero-order chi connectivity index (χ0) is 12.5. The van der Waals surface area contributed by atoms with Crippen LogP contribution in [0.3, 0.4) is 0 Å². The van der Waals surface area contributed by atoms with Gasteiger partial charge < -0.3 is 0 Å². The molecule has 0 radical (unpaired) electrons. The van der Waals surface area contributed by atoms with Crippen LogP contribution in [-0.4, -0.2) is 10.1 Å². The van der Waals surface area contributed by atoms with Gasteiger partial charge in [-0.15, -0.1) is 23.2 Å². The van der Waals surface area contributed by atoms with Crippen LogP contribution >= 0.6 is 23.2 Å². The molecule has 0 saturated heterocycles. The molecule has 1 aromatic carbocycles. The Morgan fingerprint density at radius 2 is 1.94 bits per heavy atom.